The highest BCUT2D eigenvalue weighted by molar-refractivity contribution is 9.10. The SMILES string of the molecule is CC(C)(C)OC(=O)NC1(c2ccc(-c3c(-c4ccccc4)oc4c(Br)c(O)ccc4c3=O)cc2)CCC1. The number of carbonyl (C=O) groups is 1. The second kappa shape index (κ2) is 9.38. The molecule has 1 aliphatic carbocycles. The van der Waals surface area contributed by atoms with Gasteiger partial charge in [-0.1, -0.05) is 54.6 Å². The Balaban J connectivity index is 1.60. The van der Waals surface area contributed by atoms with Crippen LogP contribution in [-0.2, 0) is 10.3 Å². The smallest absolute Gasteiger partial charge is 0.408 e. The van der Waals surface area contributed by atoms with E-state index in [-0.39, 0.29) is 11.2 Å². The van der Waals surface area contributed by atoms with Gasteiger partial charge in [0.05, 0.1) is 16.5 Å². The fourth-order valence-corrected chi connectivity index (χ4v) is 5.17. The van der Waals surface area contributed by atoms with Gasteiger partial charge >= 0.3 is 6.09 Å². The molecule has 0 aliphatic heterocycles. The maximum atomic E-state index is 13.8. The standard InChI is InChI=1S/C30H28BrNO5/c1-29(2,3)37-28(35)32-30(16-7-17-30)20-12-10-18(11-13-20)23-25(34)21-14-15-22(33)24(31)27(21)36-26(23)19-8-5-4-6-9-19/h4-6,8-15,33H,7,16-17H2,1-3H3,(H,32,35). The van der Waals surface area contributed by atoms with Crippen molar-refractivity contribution in [3.05, 3.63) is 87.0 Å². The zero-order valence-electron chi connectivity index (χ0n) is 20.9. The van der Waals surface area contributed by atoms with Gasteiger partial charge in [0.1, 0.15) is 21.6 Å². The maximum Gasteiger partial charge on any atom is 0.408 e. The van der Waals surface area contributed by atoms with Gasteiger partial charge in [0, 0.05) is 5.56 Å². The van der Waals surface area contributed by atoms with Gasteiger partial charge in [-0.15, -0.1) is 0 Å². The number of hydrogen-bond donors (Lipinski definition) is 2. The predicted octanol–water partition coefficient (Wildman–Crippen LogP) is 7.50. The van der Waals surface area contributed by atoms with Gasteiger partial charge in [-0.2, -0.15) is 0 Å². The van der Waals surface area contributed by atoms with Gasteiger partial charge in [0.15, 0.2) is 5.58 Å². The van der Waals surface area contributed by atoms with Crippen LogP contribution in [0.2, 0.25) is 0 Å². The largest absolute Gasteiger partial charge is 0.507 e. The Morgan fingerprint density at radius 1 is 1.00 bits per heavy atom. The Morgan fingerprint density at radius 3 is 2.27 bits per heavy atom. The molecule has 5 rings (SSSR count). The fourth-order valence-electron chi connectivity index (χ4n) is 4.74. The number of aromatic hydroxyl groups is 1. The minimum absolute atomic E-state index is 0.00458. The van der Waals surface area contributed by atoms with Crippen LogP contribution < -0.4 is 10.7 Å². The number of rotatable bonds is 4. The number of phenolic OH excluding ortho intramolecular Hbond substituents is 1. The van der Waals surface area contributed by atoms with Crippen LogP contribution in [0.15, 0.2) is 80.4 Å². The molecule has 0 unspecified atom stereocenters. The first-order valence-electron chi connectivity index (χ1n) is 12.2. The average Bonchev–Trinajstić information content (AvgIpc) is 2.83. The van der Waals surface area contributed by atoms with Crippen molar-refractivity contribution in [1.82, 2.24) is 5.32 Å². The van der Waals surface area contributed by atoms with Crippen LogP contribution >= 0.6 is 15.9 Å². The summed E-state index contributed by atoms with van der Waals surface area (Å²) >= 11 is 3.36. The van der Waals surface area contributed by atoms with E-state index in [0.29, 0.717) is 32.3 Å². The minimum atomic E-state index is -0.581. The molecule has 0 atom stereocenters. The lowest BCUT2D eigenvalue weighted by atomic mass is 9.71. The molecule has 0 spiro atoms. The number of halogens is 1. The number of amides is 1. The summed E-state index contributed by atoms with van der Waals surface area (Å²) in [5, 5.41) is 13.6. The molecule has 1 heterocycles. The first-order chi connectivity index (χ1) is 17.6. The molecular formula is C30H28BrNO5. The molecule has 1 aliphatic rings. The van der Waals surface area contributed by atoms with E-state index >= 15 is 0 Å². The Morgan fingerprint density at radius 2 is 1.68 bits per heavy atom. The fraction of sp³-hybridized carbons (Fsp3) is 0.267. The molecule has 2 N–H and O–H groups in total. The number of hydrogen-bond acceptors (Lipinski definition) is 5. The monoisotopic (exact) mass is 561 g/mol. The normalized spacial score (nSPS) is 14.7. The molecule has 4 aromatic rings. The lowest BCUT2D eigenvalue weighted by Gasteiger charge is -2.43. The first-order valence-corrected chi connectivity index (χ1v) is 13.0. The van der Waals surface area contributed by atoms with Gasteiger partial charge in [-0.3, -0.25) is 4.79 Å². The van der Waals surface area contributed by atoms with Crippen LogP contribution in [0.25, 0.3) is 33.4 Å². The molecule has 3 aromatic carbocycles. The van der Waals surface area contributed by atoms with Gasteiger partial charge < -0.3 is 19.6 Å². The summed E-state index contributed by atoms with van der Waals surface area (Å²) < 4.78 is 12.1. The number of alkyl carbamates (subject to hydrolysis) is 1. The second-order valence-electron chi connectivity index (χ2n) is 10.4. The van der Waals surface area contributed by atoms with Crippen molar-refractivity contribution in [1.29, 1.82) is 0 Å². The molecule has 1 amide bonds. The van der Waals surface area contributed by atoms with Crippen molar-refractivity contribution in [2.75, 3.05) is 0 Å². The molecule has 37 heavy (non-hydrogen) atoms. The van der Waals surface area contributed by atoms with Crippen molar-refractivity contribution in [2.24, 2.45) is 0 Å². The summed E-state index contributed by atoms with van der Waals surface area (Å²) in [5.41, 5.74) is 1.88. The molecule has 0 radical (unpaired) electrons. The third-order valence-corrected chi connectivity index (χ3v) is 7.46. The molecule has 190 valence electrons. The molecule has 1 fully saturated rings. The van der Waals surface area contributed by atoms with E-state index in [1.807, 2.05) is 75.4 Å². The Bertz CT molecular complexity index is 1530. The van der Waals surface area contributed by atoms with Gasteiger partial charge in [-0.05, 0) is 79.2 Å². The summed E-state index contributed by atoms with van der Waals surface area (Å²) in [5.74, 6) is 0.414. The molecule has 6 nitrogen and oxygen atoms in total. The number of carbonyl (C=O) groups excluding carboxylic acids is 1. The van der Waals surface area contributed by atoms with Crippen molar-refractivity contribution in [3.8, 4) is 28.2 Å². The summed E-state index contributed by atoms with van der Waals surface area (Å²) in [6.45, 7) is 5.52. The van der Waals surface area contributed by atoms with Crippen LogP contribution in [0.3, 0.4) is 0 Å². The number of phenols is 1. The van der Waals surface area contributed by atoms with E-state index < -0.39 is 17.2 Å². The lowest BCUT2D eigenvalue weighted by molar-refractivity contribution is 0.0377. The minimum Gasteiger partial charge on any atom is -0.507 e. The van der Waals surface area contributed by atoms with Crippen LogP contribution in [0.5, 0.6) is 5.75 Å². The number of nitrogens with one attached hydrogen (secondary N) is 1. The number of fused-ring (bicyclic) bond motifs is 1. The maximum absolute atomic E-state index is 13.8. The van der Waals surface area contributed by atoms with Crippen molar-refractivity contribution >= 4 is 33.0 Å². The lowest BCUT2D eigenvalue weighted by Crippen LogP contribution is -2.52. The van der Waals surface area contributed by atoms with Crippen molar-refractivity contribution < 1.29 is 19.1 Å². The zero-order valence-corrected chi connectivity index (χ0v) is 22.5. The van der Waals surface area contributed by atoms with Crippen molar-refractivity contribution in [2.45, 2.75) is 51.2 Å². The van der Waals surface area contributed by atoms with Gasteiger partial charge in [-0.25, -0.2) is 4.79 Å². The summed E-state index contributed by atoms with van der Waals surface area (Å²) in [6.07, 6.45) is 2.20. The molecule has 7 heteroatoms. The quantitative estimate of drug-likeness (QED) is 0.269. The Kier molecular flexibility index (Phi) is 6.36. The zero-order chi connectivity index (χ0) is 26.4. The number of benzene rings is 3. The first kappa shape index (κ1) is 25.1. The van der Waals surface area contributed by atoms with E-state index in [1.165, 1.54) is 6.07 Å². The third kappa shape index (κ3) is 4.76. The predicted molar refractivity (Wildman–Crippen MR) is 148 cm³/mol. The molecule has 1 aromatic heterocycles. The highest BCUT2D eigenvalue weighted by Crippen LogP contribution is 2.43. The molecule has 0 bridgehead atoms. The van der Waals surface area contributed by atoms with E-state index in [0.717, 1.165) is 30.4 Å². The van der Waals surface area contributed by atoms with Crippen LogP contribution in [0, 0.1) is 0 Å². The summed E-state index contributed by atoms with van der Waals surface area (Å²) in [4.78, 5) is 26.3. The Hall–Kier alpha value is -3.58. The Labute approximate surface area is 223 Å². The third-order valence-electron chi connectivity index (χ3n) is 6.69. The average molecular weight is 562 g/mol. The summed E-state index contributed by atoms with van der Waals surface area (Å²) in [7, 11) is 0. The van der Waals surface area contributed by atoms with Crippen LogP contribution in [-0.4, -0.2) is 16.8 Å². The topological polar surface area (TPSA) is 88.8 Å². The number of ether oxygens (including phenoxy) is 1. The van der Waals surface area contributed by atoms with E-state index in [2.05, 4.69) is 21.2 Å². The van der Waals surface area contributed by atoms with E-state index in [4.69, 9.17) is 9.15 Å². The van der Waals surface area contributed by atoms with Crippen LogP contribution in [0.4, 0.5) is 4.79 Å². The molecule has 1 saturated carbocycles. The second-order valence-corrected chi connectivity index (χ2v) is 11.2. The molecule has 0 saturated heterocycles. The van der Waals surface area contributed by atoms with Crippen molar-refractivity contribution in [3.63, 3.8) is 0 Å². The van der Waals surface area contributed by atoms with Gasteiger partial charge in [0.2, 0.25) is 5.43 Å². The molecular weight excluding hydrogens is 534 g/mol. The van der Waals surface area contributed by atoms with Crippen LogP contribution in [0.1, 0.15) is 45.6 Å². The highest BCUT2D eigenvalue weighted by Gasteiger charge is 2.41. The van der Waals surface area contributed by atoms with E-state index in [9.17, 15) is 14.7 Å². The van der Waals surface area contributed by atoms with E-state index in [1.54, 1.807) is 6.07 Å². The van der Waals surface area contributed by atoms with Gasteiger partial charge in [0.25, 0.3) is 0 Å². The highest BCUT2D eigenvalue weighted by atomic mass is 79.9. The summed E-state index contributed by atoms with van der Waals surface area (Å²) in [6, 6.07) is 20.2.